The molecule has 0 aliphatic heterocycles. The van der Waals surface area contributed by atoms with E-state index in [0.29, 0.717) is 24.2 Å². The third-order valence-electron chi connectivity index (χ3n) is 4.05. The van der Waals surface area contributed by atoms with Gasteiger partial charge < -0.3 is 15.4 Å². The molecule has 2 aromatic carbocycles. The molecule has 0 saturated heterocycles. The highest BCUT2D eigenvalue weighted by molar-refractivity contribution is 5.98. The van der Waals surface area contributed by atoms with Crippen molar-refractivity contribution in [1.82, 2.24) is 5.32 Å². The van der Waals surface area contributed by atoms with Crippen LogP contribution in [0.4, 0.5) is 5.69 Å². The summed E-state index contributed by atoms with van der Waals surface area (Å²) in [6.07, 6.45) is 0.708. The minimum Gasteiger partial charge on any atom is -0.457 e. The van der Waals surface area contributed by atoms with Crippen molar-refractivity contribution in [2.45, 2.75) is 26.7 Å². The number of carbonyl (C=O) groups is 4. The summed E-state index contributed by atoms with van der Waals surface area (Å²) < 4.78 is 5.07. The van der Waals surface area contributed by atoms with E-state index in [4.69, 9.17) is 4.74 Å². The smallest absolute Gasteiger partial charge is 0.310 e. The van der Waals surface area contributed by atoms with Crippen molar-refractivity contribution in [2.24, 2.45) is 0 Å². The summed E-state index contributed by atoms with van der Waals surface area (Å²) in [5.74, 6) is -1.04. The third kappa shape index (κ3) is 7.96. The summed E-state index contributed by atoms with van der Waals surface area (Å²) in [6, 6.07) is 13.8. The van der Waals surface area contributed by atoms with Crippen molar-refractivity contribution in [2.75, 3.05) is 18.5 Å². The quantitative estimate of drug-likeness (QED) is 0.500. The van der Waals surface area contributed by atoms with Crippen LogP contribution in [0, 0.1) is 0 Å². The number of hydrogen-bond acceptors (Lipinski definition) is 5. The van der Waals surface area contributed by atoms with Crippen molar-refractivity contribution in [3.63, 3.8) is 0 Å². The molecule has 0 unspecified atom stereocenters. The third-order valence-corrected chi connectivity index (χ3v) is 4.05. The van der Waals surface area contributed by atoms with Crippen LogP contribution in [-0.2, 0) is 32.0 Å². The summed E-state index contributed by atoms with van der Waals surface area (Å²) in [7, 11) is 0. The molecule has 0 radical (unpaired) electrons. The van der Waals surface area contributed by atoms with Crippen LogP contribution < -0.4 is 10.6 Å². The first kappa shape index (κ1) is 21.8. The molecule has 0 bridgehead atoms. The Morgan fingerprint density at radius 1 is 0.828 bits per heavy atom. The lowest BCUT2D eigenvalue weighted by atomic mass is 10.1. The van der Waals surface area contributed by atoms with Gasteiger partial charge in [0.1, 0.15) is 0 Å². The largest absolute Gasteiger partial charge is 0.457 e. The Hall–Kier alpha value is -3.48. The fourth-order valence-electron chi connectivity index (χ4n) is 2.60. The van der Waals surface area contributed by atoms with Crippen molar-refractivity contribution in [3.05, 3.63) is 65.2 Å². The molecule has 0 atom stereocenters. The van der Waals surface area contributed by atoms with Gasteiger partial charge in [0.05, 0.1) is 6.42 Å². The van der Waals surface area contributed by atoms with Crippen LogP contribution in [-0.4, -0.2) is 36.7 Å². The number of benzene rings is 2. The molecular weight excluding hydrogens is 372 g/mol. The van der Waals surface area contributed by atoms with E-state index >= 15 is 0 Å². The predicted octanol–water partition coefficient (Wildman–Crippen LogP) is 2.29. The van der Waals surface area contributed by atoms with E-state index in [9.17, 15) is 19.2 Å². The number of amides is 2. The Balaban J connectivity index is 1.78. The molecule has 7 heteroatoms. The highest BCUT2D eigenvalue weighted by Gasteiger charge is 2.11. The topological polar surface area (TPSA) is 102 Å². The molecule has 2 N–H and O–H groups in total. The molecular formula is C22H24N2O5. The highest BCUT2D eigenvalue weighted by Crippen LogP contribution is 2.11. The number of rotatable bonds is 9. The van der Waals surface area contributed by atoms with Gasteiger partial charge in [-0.25, -0.2) is 0 Å². The maximum atomic E-state index is 12.2. The van der Waals surface area contributed by atoms with E-state index in [1.54, 1.807) is 36.4 Å². The van der Waals surface area contributed by atoms with Gasteiger partial charge in [-0.1, -0.05) is 36.4 Å². The number of nitrogens with one attached hydrogen (secondary N) is 2. The lowest BCUT2D eigenvalue weighted by Gasteiger charge is -2.07. The van der Waals surface area contributed by atoms with Crippen LogP contribution in [0.25, 0.3) is 0 Å². The van der Waals surface area contributed by atoms with Crippen LogP contribution in [0.3, 0.4) is 0 Å². The lowest BCUT2D eigenvalue weighted by Crippen LogP contribution is -2.22. The molecule has 0 aliphatic carbocycles. The standard InChI is InChI=1S/C22H24N2O5/c1-15(25)23-12-11-17-3-7-19(8-4-17)21(27)14-29-22(28)13-18-5-9-20(10-6-18)24-16(2)26/h3-10H,11-14H2,1-2H3,(H,23,25)(H,24,26). The Bertz CT molecular complexity index is 873. The van der Waals surface area contributed by atoms with E-state index in [2.05, 4.69) is 10.6 Å². The van der Waals surface area contributed by atoms with Crippen LogP contribution in [0.1, 0.15) is 35.3 Å². The Labute approximate surface area is 169 Å². The van der Waals surface area contributed by atoms with Gasteiger partial charge in [0.2, 0.25) is 11.8 Å². The number of Topliss-reactive ketones (excluding diaryl/α,β-unsaturated/α-hetero) is 1. The second-order valence-electron chi connectivity index (χ2n) is 6.57. The van der Waals surface area contributed by atoms with Gasteiger partial charge >= 0.3 is 5.97 Å². The fourth-order valence-corrected chi connectivity index (χ4v) is 2.60. The number of hydrogen-bond donors (Lipinski definition) is 2. The molecule has 2 aromatic rings. The van der Waals surface area contributed by atoms with E-state index in [1.165, 1.54) is 13.8 Å². The molecule has 2 rings (SSSR count). The molecule has 152 valence electrons. The number of ketones is 1. The molecule has 0 heterocycles. The van der Waals surface area contributed by atoms with Gasteiger partial charge in [0, 0.05) is 31.6 Å². The van der Waals surface area contributed by atoms with Crippen molar-refractivity contribution < 1.29 is 23.9 Å². The van der Waals surface area contributed by atoms with Gasteiger partial charge in [0.25, 0.3) is 0 Å². The van der Waals surface area contributed by atoms with Crippen molar-refractivity contribution in [1.29, 1.82) is 0 Å². The SMILES string of the molecule is CC(=O)NCCc1ccc(C(=O)COC(=O)Cc2ccc(NC(C)=O)cc2)cc1. The zero-order valence-corrected chi connectivity index (χ0v) is 16.5. The summed E-state index contributed by atoms with van der Waals surface area (Å²) in [5, 5.41) is 5.36. The van der Waals surface area contributed by atoms with Crippen LogP contribution in [0.2, 0.25) is 0 Å². The maximum absolute atomic E-state index is 12.2. The fraction of sp³-hybridized carbons (Fsp3) is 0.273. The lowest BCUT2D eigenvalue weighted by molar-refractivity contribution is -0.141. The first-order valence-corrected chi connectivity index (χ1v) is 9.22. The molecule has 0 fully saturated rings. The molecule has 2 amide bonds. The maximum Gasteiger partial charge on any atom is 0.310 e. The van der Waals surface area contributed by atoms with Crippen LogP contribution in [0.15, 0.2) is 48.5 Å². The second-order valence-corrected chi connectivity index (χ2v) is 6.57. The molecule has 0 aromatic heterocycles. The summed E-state index contributed by atoms with van der Waals surface area (Å²) >= 11 is 0. The number of esters is 1. The minimum absolute atomic E-state index is 0.0374. The molecule has 29 heavy (non-hydrogen) atoms. The first-order valence-electron chi connectivity index (χ1n) is 9.22. The van der Waals surface area contributed by atoms with Gasteiger partial charge in [-0.2, -0.15) is 0 Å². The minimum atomic E-state index is -0.502. The van der Waals surface area contributed by atoms with Crippen molar-refractivity contribution >= 4 is 29.3 Å². The van der Waals surface area contributed by atoms with Gasteiger partial charge in [-0.3, -0.25) is 19.2 Å². The monoisotopic (exact) mass is 396 g/mol. The van der Waals surface area contributed by atoms with Gasteiger partial charge in [-0.15, -0.1) is 0 Å². The Kier molecular flexibility index (Phi) is 8.09. The first-order chi connectivity index (χ1) is 13.8. The zero-order chi connectivity index (χ0) is 21.2. The zero-order valence-electron chi connectivity index (χ0n) is 16.5. The Morgan fingerprint density at radius 3 is 2.03 bits per heavy atom. The summed E-state index contributed by atoms with van der Waals surface area (Å²) in [6.45, 7) is 3.09. The highest BCUT2D eigenvalue weighted by atomic mass is 16.5. The average Bonchev–Trinajstić information content (AvgIpc) is 2.67. The predicted molar refractivity (Wildman–Crippen MR) is 109 cm³/mol. The number of ether oxygens (including phenoxy) is 1. The summed E-state index contributed by atoms with van der Waals surface area (Å²) in [4.78, 5) is 46.0. The van der Waals surface area contributed by atoms with Crippen LogP contribution in [0.5, 0.6) is 0 Å². The van der Waals surface area contributed by atoms with E-state index in [-0.39, 0.29) is 30.6 Å². The van der Waals surface area contributed by atoms with Gasteiger partial charge in [0.15, 0.2) is 12.4 Å². The number of carbonyl (C=O) groups excluding carboxylic acids is 4. The van der Waals surface area contributed by atoms with E-state index in [0.717, 1.165) is 11.1 Å². The molecule has 0 spiro atoms. The van der Waals surface area contributed by atoms with E-state index in [1.807, 2.05) is 12.1 Å². The van der Waals surface area contributed by atoms with E-state index < -0.39 is 5.97 Å². The molecule has 7 nitrogen and oxygen atoms in total. The summed E-state index contributed by atoms with van der Waals surface area (Å²) in [5.41, 5.74) is 2.82. The average molecular weight is 396 g/mol. The van der Waals surface area contributed by atoms with Crippen LogP contribution >= 0.6 is 0 Å². The number of anilines is 1. The Morgan fingerprint density at radius 2 is 1.45 bits per heavy atom. The van der Waals surface area contributed by atoms with Crippen molar-refractivity contribution in [3.8, 4) is 0 Å². The van der Waals surface area contributed by atoms with Gasteiger partial charge in [-0.05, 0) is 29.7 Å². The normalized spacial score (nSPS) is 10.1. The molecule has 0 saturated carbocycles. The molecule has 0 aliphatic rings. The second kappa shape index (κ2) is 10.8.